The average Bonchev–Trinajstić information content (AvgIpc) is 2.53. The van der Waals surface area contributed by atoms with Crippen LogP contribution in [0.5, 0.6) is 5.75 Å². The molecule has 1 amide bonds. The van der Waals surface area contributed by atoms with E-state index >= 15 is 0 Å². The molecule has 0 radical (unpaired) electrons. The van der Waals surface area contributed by atoms with E-state index in [0.29, 0.717) is 19.1 Å². The van der Waals surface area contributed by atoms with Crippen molar-refractivity contribution < 1.29 is 9.53 Å². The molecule has 1 aliphatic rings. The summed E-state index contributed by atoms with van der Waals surface area (Å²) in [6.45, 7) is 4.52. The molecular formula is C19H30N2O2. The first-order chi connectivity index (χ1) is 11.1. The van der Waals surface area contributed by atoms with Crippen molar-refractivity contribution in [1.82, 2.24) is 9.80 Å². The van der Waals surface area contributed by atoms with Gasteiger partial charge < -0.3 is 14.5 Å². The Morgan fingerprint density at radius 1 is 1.30 bits per heavy atom. The molecule has 4 heteroatoms. The lowest BCUT2D eigenvalue weighted by Crippen LogP contribution is -2.48. The Morgan fingerprint density at radius 2 is 2.09 bits per heavy atom. The summed E-state index contributed by atoms with van der Waals surface area (Å²) in [5, 5.41) is 0. The third-order valence-corrected chi connectivity index (χ3v) is 4.41. The largest absolute Gasteiger partial charge is 0.493 e. The van der Waals surface area contributed by atoms with Gasteiger partial charge in [-0.15, -0.1) is 0 Å². The summed E-state index contributed by atoms with van der Waals surface area (Å²) in [7, 11) is 4.15. The lowest BCUT2D eigenvalue weighted by molar-refractivity contribution is -0.135. The smallest absolute Gasteiger partial charge is 0.222 e. The van der Waals surface area contributed by atoms with E-state index in [9.17, 15) is 4.79 Å². The minimum Gasteiger partial charge on any atom is -0.493 e. The first-order valence-electron chi connectivity index (χ1n) is 8.70. The Hall–Kier alpha value is -1.55. The Balaban J connectivity index is 1.76. The second-order valence-electron chi connectivity index (χ2n) is 6.72. The van der Waals surface area contributed by atoms with Gasteiger partial charge in [0.25, 0.3) is 0 Å². The van der Waals surface area contributed by atoms with Crippen molar-refractivity contribution in [3.8, 4) is 5.75 Å². The highest BCUT2D eigenvalue weighted by Crippen LogP contribution is 2.20. The number of hydrogen-bond acceptors (Lipinski definition) is 3. The molecule has 1 fully saturated rings. The van der Waals surface area contributed by atoms with Crippen molar-refractivity contribution in [2.24, 2.45) is 0 Å². The Bertz CT molecular complexity index is 502. The van der Waals surface area contributed by atoms with Crippen molar-refractivity contribution in [2.75, 3.05) is 33.8 Å². The maximum atomic E-state index is 12.5. The molecule has 1 aliphatic heterocycles. The number of ether oxygens (including phenoxy) is 1. The maximum Gasteiger partial charge on any atom is 0.222 e. The highest BCUT2D eigenvalue weighted by Gasteiger charge is 2.26. The van der Waals surface area contributed by atoms with Gasteiger partial charge in [-0.3, -0.25) is 4.79 Å². The van der Waals surface area contributed by atoms with Crippen LogP contribution in [0.2, 0.25) is 0 Å². The van der Waals surface area contributed by atoms with Gasteiger partial charge in [0.2, 0.25) is 5.91 Å². The zero-order valence-corrected chi connectivity index (χ0v) is 14.8. The number of carbonyl (C=O) groups is 1. The standard InChI is InChI=1S/C19H30N2O2/c1-16-9-4-5-11-18(16)23-14-8-12-19(22)21-13-7-6-10-17(21)15-20(2)3/h4-5,9,11,17H,6-8,10,12-15H2,1-3H3. The zero-order chi connectivity index (χ0) is 16.7. The predicted octanol–water partition coefficient (Wildman–Crippen LogP) is 3.10. The minimum atomic E-state index is 0.282. The third kappa shape index (κ3) is 5.54. The fraction of sp³-hybridized carbons (Fsp3) is 0.632. The summed E-state index contributed by atoms with van der Waals surface area (Å²) in [6.07, 6.45) is 4.85. The summed E-state index contributed by atoms with van der Waals surface area (Å²) in [5.41, 5.74) is 1.14. The number of likely N-dealkylation sites (N-methyl/N-ethyl adjacent to an activating group) is 1. The summed E-state index contributed by atoms with van der Waals surface area (Å²) < 4.78 is 5.79. The number of rotatable bonds is 7. The molecule has 0 spiro atoms. The minimum absolute atomic E-state index is 0.282. The Kier molecular flexibility index (Phi) is 6.90. The highest BCUT2D eigenvalue weighted by molar-refractivity contribution is 5.76. The van der Waals surface area contributed by atoms with Crippen molar-refractivity contribution in [3.63, 3.8) is 0 Å². The van der Waals surface area contributed by atoms with E-state index in [1.54, 1.807) is 0 Å². The summed E-state index contributed by atoms with van der Waals surface area (Å²) in [5.74, 6) is 1.20. The quantitative estimate of drug-likeness (QED) is 0.724. The fourth-order valence-electron chi connectivity index (χ4n) is 3.21. The van der Waals surface area contributed by atoms with Crippen LogP contribution in [0.4, 0.5) is 0 Å². The molecule has 1 saturated heterocycles. The Morgan fingerprint density at radius 3 is 2.83 bits per heavy atom. The van der Waals surface area contributed by atoms with Gasteiger partial charge in [-0.2, -0.15) is 0 Å². The number of amides is 1. The summed E-state index contributed by atoms with van der Waals surface area (Å²) in [4.78, 5) is 16.8. The van der Waals surface area contributed by atoms with Gasteiger partial charge in [0.1, 0.15) is 5.75 Å². The van der Waals surface area contributed by atoms with Crippen LogP contribution in [0.3, 0.4) is 0 Å². The normalized spacial score (nSPS) is 18.3. The van der Waals surface area contributed by atoms with Gasteiger partial charge in [0, 0.05) is 25.6 Å². The number of aryl methyl sites for hydroxylation is 1. The van der Waals surface area contributed by atoms with Crippen LogP contribution in [0.1, 0.15) is 37.7 Å². The SMILES string of the molecule is Cc1ccccc1OCCCC(=O)N1CCCCC1CN(C)C. The highest BCUT2D eigenvalue weighted by atomic mass is 16.5. The van der Waals surface area contributed by atoms with Crippen LogP contribution in [-0.4, -0.2) is 55.5 Å². The van der Waals surface area contributed by atoms with E-state index in [4.69, 9.17) is 4.74 Å². The molecule has 0 aromatic heterocycles. The molecular weight excluding hydrogens is 288 g/mol. The number of carbonyl (C=O) groups excluding carboxylic acids is 1. The molecule has 2 rings (SSSR count). The van der Waals surface area contributed by atoms with Gasteiger partial charge in [-0.25, -0.2) is 0 Å². The molecule has 0 aliphatic carbocycles. The molecule has 128 valence electrons. The van der Waals surface area contributed by atoms with Crippen molar-refractivity contribution in [3.05, 3.63) is 29.8 Å². The van der Waals surface area contributed by atoms with Gasteiger partial charge in [-0.1, -0.05) is 18.2 Å². The lowest BCUT2D eigenvalue weighted by Gasteiger charge is -2.37. The van der Waals surface area contributed by atoms with E-state index in [-0.39, 0.29) is 5.91 Å². The topological polar surface area (TPSA) is 32.8 Å². The molecule has 1 aromatic rings. The van der Waals surface area contributed by atoms with E-state index in [1.807, 2.05) is 31.2 Å². The molecule has 0 bridgehead atoms. The second kappa shape index (κ2) is 8.92. The first-order valence-corrected chi connectivity index (χ1v) is 8.70. The van der Waals surface area contributed by atoms with Crippen LogP contribution in [0.25, 0.3) is 0 Å². The monoisotopic (exact) mass is 318 g/mol. The van der Waals surface area contributed by atoms with Crippen molar-refractivity contribution in [2.45, 2.75) is 45.1 Å². The van der Waals surface area contributed by atoms with E-state index in [1.165, 1.54) is 6.42 Å². The molecule has 1 atom stereocenters. The number of para-hydroxylation sites is 1. The zero-order valence-electron chi connectivity index (χ0n) is 14.8. The Labute approximate surface area is 140 Å². The van der Waals surface area contributed by atoms with Crippen LogP contribution in [0.15, 0.2) is 24.3 Å². The van der Waals surface area contributed by atoms with E-state index in [2.05, 4.69) is 23.9 Å². The molecule has 23 heavy (non-hydrogen) atoms. The van der Waals surface area contributed by atoms with E-state index < -0.39 is 0 Å². The van der Waals surface area contributed by atoms with Crippen LogP contribution < -0.4 is 4.74 Å². The molecule has 0 saturated carbocycles. The van der Waals surface area contributed by atoms with Gasteiger partial charge in [-0.05, 0) is 58.3 Å². The number of benzene rings is 1. The average molecular weight is 318 g/mol. The lowest BCUT2D eigenvalue weighted by atomic mass is 10.0. The molecule has 1 heterocycles. The van der Waals surface area contributed by atoms with Crippen molar-refractivity contribution >= 4 is 5.91 Å². The number of nitrogens with zero attached hydrogens (tertiary/aromatic N) is 2. The van der Waals surface area contributed by atoms with Crippen molar-refractivity contribution in [1.29, 1.82) is 0 Å². The van der Waals surface area contributed by atoms with Gasteiger partial charge in [0.15, 0.2) is 0 Å². The van der Waals surface area contributed by atoms with Crippen LogP contribution in [0, 0.1) is 6.92 Å². The number of piperidine rings is 1. The van der Waals surface area contributed by atoms with Gasteiger partial charge >= 0.3 is 0 Å². The maximum absolute atomic E-state index is 12.5. The van der Waals surface area contributed by atoms with Gasteiger partial charge in [0.05, 0.1) is 6.61 Å². The second-order valence-corrected chi connectivity index (χ2v) is 6.72. The fourth-order valence-corrected chi connectivity index (χ4v) is 3.21. The third-order valence-electron chi connectivity index (χ3n) is 4.41. The first kappa shape index (κ1) is 17.8. The predicted molar refractivity (Wildman–Crippen MR) is 93.8 cm³/mol. The van der Waals surface area contributed by atoms with Crippen LogP contribution >= 0.6 is 0 Å². The van der Waals surface area contributed by atoms with Crippen LogP contribution in [-0.2, 0) is 4.79 Å². The van der Waals surface area contributed by atoms with E-state index in [0.717, 1.165) is 43.7 Å². The molecule has 1 aromatic carbocycles. The number of hydrogen-bond donors (Lipinski definition) is 0. The number of likely N-dealkylation sites (tertiary alicyclic amines) is 1. The molecule has 0 N–H and O–H groups in total. The molecule has 4 nitrogen and oxygen atoms in total. The summed E-state index contributed by atoms with van der Waals surface area (Å²) in [6, 6.07) is 8.39. The summed E-state index contributed by atoms with van der Waals surface area (Å²) >= 11 is 0. The molecule has 1 unspecified atom stereocenters.